The molecule has 0 aliphatic carbocycles. The number of carbonyl (C=O) groups excluding carboxylic acids is 1. The van der Waals surface area contributed by atoms with Gasteiger partial charge in [-0.05, 0) is 26.7 Å². The molecule has 3 heteroatoms. The van der Waals surface area contributed by atoms with Gasteiger partial charge in [0.15, 0.2) is 0 Å². The van der Waals surface area contributed by atoms with Crippen LogP contribution in [0.2, 0.25) is 0 Å². The van der Waals surface area contributed by atoms with Gasteiger partial charge in [0.05, 0.1) is 6.10 Å². The van der Waals surface area contributed by atoms with Gasteiger partial charge >= 0.3 is 0 Å². The number of aliphatic hydroxyl groups is 1. The molecule has 13 heavy (non-hydrogen) atoms. The van der Waals surface area contributed by atoms with Gasteiger partial charge in [-0.1, -0.05) is 6.92 Å². The highest BCUT2D eigenvalue weighted by Gasteiger charge is 2.13. The van der Waals surface area contributed by atoms with E-state index in [0.717, 1.165) is 6.42 Å². The van der Waals surface area contributed by atoms with E-state index in [9.17, 15) is 4.79 Å². The van der Waals surface area contributed by atoms with E-state index in [-0.39, 0.29) is 12.0 Å². The Balaban J connectivity index is 3.82. The van der Waals surface area contributed by atoms with Crippen LogP contribution in [0.4, 0.5) is 0 Å². The maximum absolute atomic E-state index is 11.5. The third kappa shape index (κ3) is 4.88. The summed E-state index contributed by atoms with van der Waals surface area (Å²) in [7, 11) is 1.82. The molecule has 0 fully saturated rings. The minimum Gasteiger partial charge on any atom is -0.393 e. The molecule has 2 atom stereocenters. The van der Waals surface area contributed by atoms with Crippen molar-refractivity contribution in [3.8, 4) is 0 Å². The maximum Gasteiger partial charge on any atom is 0.222 e. The highest BCUT2D eigenvalue weighted by Crippen LogP contribution is 2.05. The summed E-state index contributed by atoms with van der Waals surface area (Å²) in [5, 5.41) is 9.01. The largest absolute Gasteiger partial charge is 0.393 e. The average molecular weight is 187 g/mol. The highest BCUT2D eigenvalue weighted by molar-refractivity contribution is 5.76. The molecule has 0 aromatic carbocycles. The van der Waals surface area contributed by atoms with Crippen molar-refractivity contribution in [2.75, 3.05) is 7.05 Å². The molecule has 1 N–H and O–H groups in total. The lowest BCUT2D eigenvalue weighted by atomic mass is 10.1. The Kier molecular flexibility index (Phi) is 5.71. The van der Waals surface area contributed by atoms with Crippen molar-refractivity contribution < 1.29 is 9.90 Å². The van der Waals surface area contributed by atoms with Crippen LogP contribution in [0.1, 0.15) is 40.0 Å². The Labute approximate surface area is 80.7 Å². The smallest absolute Gasteiger partial charge is 0.222 e. The van der Waals surface area contributed by atoms with Gasteiger partial charge in [0.1, 0.15) is 0 Å². The summed E-state index contributed by atoms with van der Waals surface area (Å²) in [6, 6.07) is 0.293. The van der Waals surface area contributed by atoms with Crippen molar-refractivity contribution in [3.63, 3.8) is 0 Å². The van der Waals surface area contributed by atoms with Crippen molar-refractivity contribution >= 4 is 5.91 Å². The van der Waals surface area contributed by atoms with Crippen LogP contribution < -0.4 is 0 Å². The lowest BCUT2D eigenvalue weighted by Gasteiger charge is -2.24. The molecule has 0 aliphatic rings. The third-order valence-electron chi connectivity index (χ3n) is 2.42. The molecule has 1 amide bonds. The zero-order valence-electron chi connectivity index (χ0n) is 9.08. The van der Waals surface area contributed by atoms with Crippen LogP contribution in [0.25, 0.3) is 0 Å². The Morgan fingerprint density at radius 1 is 1.46 bits per heavy atom. The lowest BCUT2D eigenvalue weighted by Crippen LogP contribution is -2.34. The van der Waals surface area contributed by atoms with Crippen LogP contribution in [0.5, 0.6) is 0 Å². The van der Waals surface area contributed by atoms with Crippen LogP contribution >= 0.6 is 0 Å². The van der Waals surface area contributed by atoms with Gasteiger partial charge in [0.2, 0.25) is 5.91 Å². The zero-order valence-corrected chi connectivity index (χ0v) is 9.08. The Morgan fingerprint density at radius 2 is 2.00 bits per heavy atom. The Bertz CT molecular complexity index is 157. The summed E-state index contributed by atoms with van der Waals surface area (Å²) in [5.74, 6) is 0.121. The van der Waals surface area contributed by atoms with Crippen molar-refractivity contribution in [1.82, 2.24) is 4.90 Å². The summed E-state index contributed by atoms with van der Waals surface area (Å²) < 4.78 is 0. The molecule has 2 unspecified atom stereocenters. The zero-order chi connectivity index (χ0) is 10.4. The fourth-order valence-corrected chi connectivity index (χ4v) is 1.03. The second kappa shape index (κ2) is 5.97. The molecular formula is C10H21NO2. The maximum atomic E-state index is 11.5. The molecule has 0 saturated carbocycles. The minimum atomic E-state index is -0.380. The van der Waals surface area contributed by atoms with Crippen molar-refractivity contribution in [2.45, 2.75) is 52.2 Å². The van der Waals surface area contributed by atoms with Crippen LogP contribution in [0, 0.1) is 0 Å². The van der Waals surface area contributed by atoms with Gasteiger partial charge in [-0.2, -0.15) is 0 Å². The third-order valence-corrected chi connectivity index (χ3v) is 2.42. The normalized spacial score (nSPS) is 15.2. The first-order valence-corrected chi connectivity index (χ1v) is 4.92. The molecule has 0 rings (SSSR count). The SMILES string of the molecule is CCC(C)N(C)C(=O)CCC(C)O. The van der Waals surface area contributed by atoms with Gasteiger partial charge in [0, 0.05) is 19.5 Å². The molecule has 0 aliphatic heterocycles. The van der Waals surface area contributed by atoms with E-state index in [1.807, 2.05) is 14.0 Å². The lowest BCUT2D eigenvalue weighted by molar-refractivity contribution is -0.132. The first-order chi connectivity index (χ1) is 5.99. The molecule has 0 spiro atoms. The van der Waals surface area contributed by atoms with E-state index in [0.29, 0.717) is 18.9 Å². The van der Waals surface area contributed by atoms with Crippen molar-refractivity contribution in [1.29, 1.82) is 0 Å². The predicted molar refractivity (Wildman–Crippen MR) is 53.4 cm³/mol. The standard InChI is InChI=1S/C10H21NO2/c1-5-8(2)11(4)10(13)7-6-9(3)12/h8-9,12H,5-7H2,1-4H3. The van der Waals surface area contributed by atoms with Crippen LogP contribution in [0.3, 0.4) is 0 Å². The number of carbonyl (C=O) groups is 1. The van der Waals surface area contributed by atoms with Gasteiger partial charge < -0.3 is 10.0 Å². The average Bonchev–Trinajstić information content (AvgIpc) is 2.11. The summed E-state index contributed by atoms with van der Waals surface area (Å²) >= 11 is 0. The monoisotopic (exact) mass is 187 g/mol. The number of rotatable bonds is 5. The first kappa shape index (κ1) is 12.4. The van der Waals surface area contributed by atoms with Gasteiger partial charge in [-0.3, -0.25) is 4.79 Å². The second-order valence-corrected chi connectivity index (χ2v) is 3.65. The van der Waals surface area contributed by atoms with E-state index in [4.69, 9.17) is 5.11 Å². The molecule has 0 saturated heterocycles. The molecule has 3 nitrogen and oxygen atoms in total. The highest BCUT2D eigenvalue weighted by atomic mass is 16.3. The van der Waals surface area contributed by atoms with Gasteiger partial charge in [-0.25, -0.2) is 0 Å². The van der Waals surface area contributed by atoms with E-state index in [1.165, 1.54) is 0 Å². The number of amides is 1. The number of hydrogen-bond acceptors (Lipinski definition) is 2. The molecule has 0 aromatic rings. The van der Waals surface area contributed by atoms with Gasteiger partial charge in [-0.15, -0.1) is 0 Å². The van der Waals surface area contributed by atoms with E-state index >= 15 is 0 Å². The first-order valence-electron chi connectivity index (χ1n) is 4.92. The quantitative estimate of drug-likeness (QED) is 0.707. The molecule has 0 heterocycles. The van der Waals surface area contributed by atoms with Crippen molar-refractivity contribution in [2.24, 2.45) is 0 Å². The summed E-state index contributed by atoms with van der Waals surface area (Å²) in [6.45, 7) is 5.79. The van der Waals surface area contributed by atoms with Crippen LogP contribution in [0.15, 0.2) is 0 Å². The molecule has 78 valence electrons. The molecule has 0 radical (unpaired) electrons. The molecular weight excluding hydrogens is 166 g/mol. The fourth-order valence-electron chi connectivity index (χ4n) is 1.03. The number of aliphatic hydroxyl groups excluding tert-OH is 1. The molecule has 0 aromatic heterocycles. The van der Waals surface area contributed by atoms with Crippen LogP contribution in [-0.4, -0.2) is 35.1 Å². The Morgan fingerprint density at radius 3 is 2.38 bits per heavy atom. The predicted octanol–water partition coefficient (Wildman–Crippen LogP) is 1.40. The fraction of sp³-hybridized carbons (Fsp3) is 0.900. The Hall–Kier alpha value is -0.570. The van der Waals surface area contributed by atoms with Gasteiger partial charge in [0.25, 0.3) is 0 Å². The topological polar surface area (TPSA) is 40.5 Å². The minimum absolute atomic E-state index is 0.121. The number of nitrogens with zero attached hydrogens (tertiary/aromatic N) is 1. The second-order valence-electron chi connectivity index (χ2n) is 3.65. The van der Waals surface area contributed by atoms with Crippen molar-refractivity contribution in [3.05, 3.63) is 0 Å². The molecule has 0 bridgehead atoms. The van der Waals surface area contributed by atoms with E-state index < -0.39 is 0 Å². The summed E-state index contributed by atoms with van der Waals surface area (Å²) in [5.41, 5.74) is 0. The van der Waals surface area contributed by atoms with E-state index in [1.54, 1.807) is 11.8 Å². The summed E-state index contributed by atoms with van der Waals surface area (Å²) in [6.07, 6.45) is 1.59. The number of hydrogen-bond donors (Lipinski definition) is 1. The van der Waals surface area contributed by atoms with Crippen LogP contribution in [-0.2, 0) is 4.79 Å². The summed E-state index contributed by atoms with van der Waals surface area (Å²) in [4.78, 5) is 13.2. The van der Waals surface area contributed by atoms with E-state index in [2.05, 4.69) is 6.92 Å².